The molecule has 0 N–H and O–H groups in total. The Morgan fingerprint density at radius 1 is 1.00 bits per heavy atom. The van der Waals surface area contributed by atoms with Crippen molar-refractivity contribution in [2.24, 2.45) is 0 Å². The lowest BCUT2D eigenvalue weighted by atomic mass is 10.2. The number of halogens is 4. The molecule has 0 heterocycles. The van der Waals surface area contributed by atoms with Gasteiger partial charge in [0.05, 0.1) is 0 Å². The Bertz CT molecular complexity index is 819. The third-order valence-electron chi connectivity index (χ3n) is 3.32. The van der Waals surface area contributed by atoms with Crippen LogP contribution in [0.25, 0.3) is 6.08 Å². The van der Waals surface area contributed by atoms with Crippen LogP contribution in [0.15, 0.2) is 65.1 Å². The first-order valence-corrected chi connectivity index (χ1v) is 9.46. The van der Waals surface area contributed by atoms with E-state index in [1.807, 2.05) is 0 Å². The van der Waals surface area contributed by atoms with E-state index >= 15 is 0 Å². The van der Waals surface area contributed by atoms with Crippen LogP contribution in [-0.2, 0) is 16.6 Å². The summed E-state index contributed by atoms with van der Waals surface area (Å²) in [5.41, 5.74) is -4.10. The fourth-order valence-corrected chi connectivity index (χ4v) is 3.22. The van der Waals surface area contributed by atoms with Crippen molar-refractivity contribution in [3.8, 4) is 0 Å². The molecule has 0 saturated carbocycles. The highest BCUT2D eigenvalue weighted by Crippen LogP contribution is 2.28. The summed E-state index contributed by atoms with van der Waals surface area (Å²) in [5.74, 6) is 0. The molecule has 0 spiro atoms. The second kappa shape index (κ2) is 8.16. The maximum atomic E-state index is 12.9. The lowest BCUT2D eigenvalue weighted by molar-refractivity contribution is -0.0488. The SMILES string of the molecule is O=S(=O)(N(CC=Cc1ccc(Br)cc1)Cc1ccccc1)C(F)(F)F. The predicted molar refractivity (Wildman–Crippen MR) is 95.0 cm³/mol. The smallest absolute Gasteiger partial charge is 0.203 e. The second-order valence-corrected chi connectivity index (χ2v) is 8.03. The first kappa shape index (κ1) is 19.7. The fourth-order valence-electron chi connectivity index (χ4n) is 2.06. The van der Waals surface area contributed by atoms with Gasteiger partial charge in [0.15, 0.2) is 0 Å². The third-order valence-corrected chi connectivity index (χ3v) is 5.40. The molecular weight excluding hydrogens is 419 g/mol. The normalized spacial score (nSPS) is 12.8. The summed E-state index contributed by atoms with van der Waals surface area (Å²) in [6, 6.07) is 15.3. The van der Waals surface area contributed by atoms with Gasteiger partial charge in [-0.3, -0.25) is 0 Å². The van der Waals surface area contributed by atoms with Crippen molar-refractivity contribution in [2.75, 3.05) is 6.54 Å². The summed E-state index contributed by atoms with van der Waals surface area (Å²) in [6.45, 7) is -0.736. The molecule has 0 aliphatic rings. The maximum absolute atomic E-state index is 12.9. The molecule has 0 amide bonds. The quantitative estimate of drug-likeness (QED) is 0.654. The number of hydrogen-bond donors (Lipinski definition) is 0. The Morgan fingerprint density at radius 2 is 1.60 bits per heavy atom. The molecule has 0 fully saturated rings. The molecule has 3 nitrogen and oxygen atoms in total. The van der Waals surface area contributed by atoms with Crippen molar-refractivity contribution >= 4 is 32.0 Å². The van der Waals surface area contributed by atoms with Gasteiger partial charge < -0.3 is 0 Å². The summed E-state index contributed by atoms with van der Waals surface area (Å²) < 4.78 is 63.7. The van der Waals surface area contributed by atoms with Gasteiger partial charge in [0, 0.05) is 17.6 Å². The highest BCUT2D eigenvalue weighted by atomic mass is 79.9. The Labute approximate surface area is 153 Å². The molecule has 2 aromatic rings. The van der Waals surface area contributed by atoms with Gasteiger partial charge in [-0.05, 0) is 23.3 Å². The van der Waals surface area contributed by atoms with E-state index in [9.17, 15) is 21.6 Å². The summed E-state index contributed by atoms with van der Waals surface area (Å²) in [5, 5.41) is 0. The fraction of sp³-hybridized carbons (Fsp3) is 0.176. The van der Waals surface area contributed by atoms with E-state index in [4.69, 9.17) is 0 Å². The van der Waals surface area contributed by atoms with Crippen molar-refractivity contribution in [2.45, 2.75) is 12.1 Å². The summed E-state index contributed by atoms with van der Waals surface area (Å²) >= 11 is 3.29. The highest BCUT2D eigenvalue weighted by molar-refractivity contribution is 9.10. The van der Waals surface area contributed by atoms with Gasteiger partial charge in [-0.2, -0.15) is 17.5 Å². The zero-order valence-electron chi connectivity index (χ0n) is 12.9. The Hall–Kier alpha value is -1.64. The molecular formula is C17H15BrF3NO2S. The van der Waals surface area contributed by atoms with Gasteiger partial charge in [0.1, 0.15) is 0 Å². The molecule has 0 aliphatic carbocycles. The van der Waals surface area contributed by atoms with Crippen LogP contribution < -0.4 is 0 Å². The number of benzene rings is 2. The Morgan fingerprint density at radius 3 is 2.16 bits per heavy atom. The van der Waals surface area contributed by atoms with Gasteiger partial charge in [0.2, 0.25) is 0 Å². The van der Waals surface area contributed by atoms with E-state index in [1.165, 1.54) is 6.08 Å². The highest BCUT2D eigenvalue weighted by Gasteiger charge is 2.49. The summed E-state index contributed by atoms with van der Waals surface area (Å²) in [4.78, 5) is 0. The lowest BCUT2D eigenvalue weighted by Gasteiger charge is -2.22. The van der Waals surface area contributed by atoms with E-state index < -0.39 is 15.5 Å². The second-order valence-electron chi connectivity index (χ2n) is 5.18. The van der Waals surface area contributed by atoms with E-state index in [1.54, 1.807) is 60.7 Å². The maximum Gasteiger partial charge on any atom is 0.511 e. The van der Waals surface area contributed by atoms with Crippen LogP contribution in [-0.4, -0.2) is 24.8 Å². The Kier molecular flexibility index (Phi) is 6.42. The number of alkyl halides is 3. The molecule has 2 aromatic carbocycles. The first-order valence-electron chi connectivity index (χ1n) is 7.22. The number of nitrogens with zero attached hydrogens (tertiary/aromatic N) is 1. The lowest BCUT2D eigenvalue weighted by Crippen LogP contribution is -2.40. The summed E-state index contributed by atoms with van der Waals surface area (Å²) in [7, 11) is -5.42. The van der Waals surface area contributed by atoms with Crippen LogP contribution in [0.3, 0.4) is 0 Å². The molecule has 0 aliphatic heterocycles. The molecule has 134 valence electrons. The van der Waals surface area contributed by atoms with Gasteiger partial charge in [-0.1, -0.05) is 70.5 Å². The molecule has 0 saturated heterocycles. The topological polar surface area (TPSA) is 37.4 Å². The van der Waals surface area contributed by atoms with Gasteiger partial charge in [0.25, 0.3) is 0 Å². The van der Waals surface area contributed by atoms with Crippen LogP contribution in [0, 0.1) is 0 Å². The molecule has 2 rings (SSSR count). The van der Waals surface area contributed by atoms with Gasteiger partial charge in [-0.15, -0.1) is 0 Å². The molecule has 8 heteroatoms. The summed E-state index contributed by atoms with van der Waals surface area (Å²) in [6.07, 6.45) is 2.98. The first-order chi connectivity index (χ1) is 11.7. The van der Waals surface area contributed by atoms with Crippen LogP contribution >= 0.6 is 15.9 Å². The molecule has 0 atom stereocenters. The van der Waals surface area contributed by atoms with Crippen LogP contribution in [0.4, 0.5) is 13.2 Å². The molecule has 0 radical (unpaired) electrons. The third kappa shape index (κ3) is 5.42. The predicted octanol–water partition coefficient (Wildman–Crippen LogP) is 4.81. The van der Waals surface area contributed by atoms with Crippen molar-refractivity contribution in [3.63, 3.8) is 0 Å². The van der Waals surface area contributed by atoms with Crippen molar-refractivity contribution < 1.29 is 21.6 Å². The molecule has 0 bridgehead atoms. The zero-order valence-corrected chi connectivity index (χ0v) is 15.4. The van der Waals surface area contributed by atoms with E-state index in [-0.39, 0.29) is 13.1 Å². The number of hydrogen-bond acceptors (Lipinski definition) is 2. The van der Waals surface area contributed by atoms with Crippen LogP contribution in [0.2, 0.25) is 0 Å². The van der Waals surface area contributed by atoms with E-state index in [0.29, 0.717) is 9.87 Å². The standard InChI is InChI=1S/C17H15BrF3NO2S/c18-16-10-8-14(9-11-16)7-4-12-22(25(23,24)17(19,20)21)13-15-5-2-1-3-6-15/h1-11H,12-13H2. The number of rotatable bonds is 6. The largest absolute Gasteiger partial charge is 0.511 e. The van der Waals surface area contributed by atoms with Crippen molar-refractivity contribution in [1.29, 1.82) is 0 Å². The van der Waals surface area contributed by atoms with E-state index in [0.717, 1.165) is 10.0 Å². The Balaban J connectivity index is 2.21. The molecule has 0 unspecified atom stereocenters. The molecule has 25 heavy (non-hydrogen) atoms. The average molecular weight is 434 g/mol. The monoisotopic (exact) mass is 433 g/mol. The van der Waals surface area contributed by atoms with Crippen LogP contribution in [0.1, 0.15) is 11.1 Å². The van der Waals surface area contributed by atoms with Gasteiger partial charge >= 0.3 is 15.5 Å². The van der Waals surface area contributed by atoms with Crippen molar-refractivity contribution in [1.82, 2.24) is 4.31 Å². The van der Waals surface area contributed by atoms with Crippen molar-refractivity contribution in [3.05, 3.63) is 76.3 Å². The average Bonchev–Trinajstić information content (AvgIpc) is 2.55. The van der Waals surface area contributed by atoms with Crippen LogP contribution in [0.5, 0.6) is 0 Å². The minimum atomic E-state index is -5.42. The number of sulfonamides is 1. The zero-order chi connectivity index (χ0) is 18.5. The minimum Gasteiger partial charge on any atom is -0.203 e. The van der Waals surface area contributed by atoms with Gasteiger partial charge in [-0.25, -0.2) is 8.42 Å². The molecule has 0 aromatic heterocycles. The van der Waals surface area contributed by atoms with E-state index in [2.05, 4.69) is 15.9 Å². The minimum absolute atomic E-state index is 0.354.